The molecule has 0 aromatic heterocycles. The zero-order valence-electron chi connectivity index (χ0n) is 14.9. The van der Waals surface area contributed by atoms with E-state index in [9.17, 15) is 9.59 Å². The van der Waals surface area contributed by atoms with Gasteiger partial charge in [0.1, 0.15) is 10.4 Å². The number of carboxylic acids is 1. The number of carbonyl (C=O) groups is 2. The molecule has 0 bridgehead atoms. The zero-order chi connectivity index (χ0) is 19.6. The first-order valence-electron chi connectivity index (χ1n) is 8.43. The van der Waals surface area contributed by atoms with E-state index < -0.39 is 5.97 Å². The number of carboxylic acid groups (broad SMARTS) is 1. The molecular weight excluding hydrogens is 386 g/mol. The van der Waals surface area contributed by atoms with Crippen molar-refractivity contribution in [3.8, 4) is 11.5 Å². The Bertz CT molecular complexity index is 862. The van der Waals surface area contributed by atoms with E-state index in [2.05, 4.69) is 0 Å². The molecule has 142 valence electrons. The molecule has 1 amide bonds. The van der Waals surface area contributed by atoms with Crippen LogP contribution in [0.3, 0.4) is 0 Å². The molecule has 1 aromatic carbocycles. The van der Waals surface area contributed by atoms with Gasteiger partial charge in [-0.3, -0.25) is 14.5 Å². The summed E-state index contributed by atoms with van der Waals surface area (Å²) in [6.45, 7) is 2.21. The van der Waals surface area contributed by atoms with Crippen molar-refractivity contribution >= 4 is 46.3 Å². The van der Waals surface area contributed by atoms with Gasteiger partial charge in [0.05, 0.1) is 12.0 Å². The van der Waals surface area contributed by atoms with E-state index in [1.54, 1.807) is 13.2 Å². The third-order valence-electron chi connectivity index (χ3n) is 4.26. The smallest absolute Gasteiger partial charge is 0.303 e. The Labute approximate surface area is 166 Å². The van der Waals surface area contributed by atoms with Gasteiger partial charge in [-0.1, -0.05) is 36.1 Å². The molecule has 8 heteroatoms. The number of para-hydroxylation sites is 1. The molecule has 2 aliphatic rings. The second kappa shape index (κ2) is 8.14. The Morgan fingerprint density at radius 1 is 1.48 bits per heavy atom. The molecule has 1 atom stereocenters. The fourth-order valence-corrected chi connectivity index (χ4v) is 4.18. The molecular formula is C19H19NO5S2. The monoisotopic (exact) mass is 405 g/mol. The highest BCUT2D eigenvalue weighted by molar-refractivity contribution is 8.26. The third-order valence-corrected chi connectivity index (χ3v) is 5.64. The Hall–Kier alpha value is -2.32. The molecule has 0 radical (unpaired) electrons. The standard InChI is InChI=1S/C19H19NO5S2/c1-11-13(9-12-5-3-6-14(24-2)17(12)25-11)10-15-18(23)20(19(26)27-15)8-4-7-16(21)22/h3,5-6,9-11H,4,7-8H2,1-2H3,(H,21,22)/b15-10-. The van der Waals surface area contributed by atoms with Crippen molar-refractivity contribution in [2.75, 3.05) is 13.7 Å². The van der Waals surface area contributed by atoms with Gasteiger partial charge in [0.15, 0.2) is 11.5 Å². The summed E-state index contributed by atoms with van der Waals surface area (Å²) in [6, 6.07) is 5.65. The highest BCUT2D eigenvalue weighted by Crippen LogP contribution is 2.39. The van der Waals surface area contributed by atoms with Gasteiger partial charge < -0.3 is 14.6 Å². The van der Waals surface area contributed by atoms with Crippen molar-refractivity contribution in [1.82, 2.24) is 4.90 Å². The van der Waals surface area contributed by atoms with Crippen molar-refractivity contribution in [3.05, 3.63) is 40.3 Å². The van der Waals surface area contributed by atoms with Crippen molar-refractivity contribution in [3.63, 3.8) is 0 Å². The van der Waals surface area contributed by atoms with Crippen LogP contribution in [0.15, 0.2) is 34.8 Å². The van der Waals surface area contributed by atoms with E-state index in [4.69, 9.17) is 26.8 Å². The number of methoxy groups -OCH3 is 1. The number of aliphatic carboxylic acids is 1. The van der Waals surface area contributed by atoms with Crippen LogP contribution in [0.4, 0.5) is 0 Å². The van der Waals surface area contributed by atoms with Crippen LogP contribution in [0.5, 0.6) is 11.5 Å². The minimum atomic E-state index is -0.886. The molecule has 2 aliphatic heterocycles. The largest absolute Gasteiger partial charge is 0.493 e. The lowest BCUT2D eigenvalue weighted by atomic mass is 10.0. The second-order valence-electron chi connectivity index (χ2n) is 6.11. The maximum atomic E-state index is 12.6. The number of hydrogen-bond acceptors (Lipinski definition) is 6. The summed E-state index contributed by atoms with van der Waals surface area (Å²) in [5.41, 5.74) is 1.75. The second-order valence-corrected chi connectivity index (χ2v) is 7.79. The van der Waals surface area contributed by atoms with Crippen LogP contribution in [0.25, 0.3) is 6.08 Å². The lowest BCUT2D eigenvalue weighted by Gasteiger charge is -2.24. The quantitative estimate of drug-likeness (QED) is 0.574. The summed E-state index contributed by atoms with van der Waals surface area (Å²) in [5, 5.41) is 8.75. The number of benzene rings is 1. The van der Waals surface area contributed by atoms with Crippen molar-refractivity contribution in [1.29, 1.82) is 0 Å². The summed E-state index contributed by atoms with van der Waals surface area (Å²) in [5.74, 6) is 0.272. The van der Waals surface area contributed by atoms with Crippen LogP contribution in [0, 0.1) is 0 Å². The molecule has 6 nitrogen and oxygen atoms in total. The lowest BCUT2D eigenvalue weighted by Crippen LogP contribution is -2.29. The number of thiocarbonyl (C=S) groups is 1. The van der Waals surface area contributed by atoms with E-state index in [-0.39, 0.29) is 18.4 Å². The van der Waals surface area contributed by atoms with Gasteiger partial charge in [0.2, 0.25) is 0 Å². The van der Waals surface area contributed by atoms with E-state index in [0.29, 0.717) is 33.7 Å². The number of carbonyl (C=O) groups excluding carboxylic acids is 1. The molecule has 1 fully saturated rings. The van der Waals surface area contributed by atoms with Crippen molar-refractivity contribution in [2.45, 2.75) is 25.9 Å². The maximum Gasteiger partial charge on any atom is 0.303 e. The molecule has 0 spiro atoms. The van der Waals surface area contributed by atoms with Crippen LogP contribution < -0.4 is 9.47 Å². The Morgan fingerprint density at radius 3 is 2.96 bits per heavy atom. The van der Waals surface area contributed by atoms with Gasteiger partial charge >= 0.3 is 5.97 Å². The van der Waals surface area contributed by atoms with E-state index in [1.165, 1.54) is 16.7 Å². The molecule has 27 heavy (non-hydrogen) atoms. The fraction of sp³-hybridized carbons (Fsp3) is 0.316. The van der Waals surface area contributed by atoms with Gasteiger partial charge in [0.25, 0.3) is 5.91 Å². The number of ether oxygens (including phenoxy) is 2. The molecule has 0 saturated carbocycles. The van der Waals surface area contributed by atoms with Gasteiger partial charge in [-0.15, -0.1) is 0 Å². The average molecular weight is 405 g/mol. The Balaban J connectivity index is 1.81. The van der Waals surface area contributed by atoms with E-state index in [1.807, 2.05) is 31.2 Å². The third kappa shape index (κ3) is 4.17. The summed E-state index contributed by atoms with van der Waals surface area (Å²) in [6.07, 6.45) is 3.89. The van der Waals surface area contributed by atoms with Crippen LogP contribution in [-0.2, 0) is 9.59 Å². The predicted octanol–water partition coefficient (Wildman–Crippen LogP) is 3.47. The molecule has 1 unspecified atom stereocenters. The molecule has 1 saturated heterocycles. The number of thioether (sulfide) groups is 1. The van der Waals surface area contributed by atoms with E-state index >= 15 is 0 Å². The van der Waals surface area contributed by atoms with Crippen LogP contribution >= 0.6 is 24.0 Å². The van der Waals surface area contributed by atoms with E-state index in [0.717, 1.165) is 11.1 Å². The van der Waals surface area contributed by atoms with Crippen LogP contribution in [0.2, 0.25) is 0 Å². The summed E-state index contributed by atoms with van der Waals surface area (Å²) >= 11 is 6.50. The highest BCUT2D eigenvalue weighted by atomic mass is 32.2. The molecule has 3 rings (SSSR count). The summed E-state index contributed by atoms with van der Waals surface area (Å²) in [7, 11) is 1.60. The molecule has 1 N–H and O–H groups in total. The van der Waals surface area contributed by atoms with Gasteiger partial charge in [-0.25, -0.2) is 0 Å². The number of amides is 1. The average Bonchev–Trinajstić information content (AvgIpc) is 2.89. The van der Waals surface area contributed by atoms with Crippen LogP contribution in [-0.4, -0.2) is 46.0 Å². The van der Waals surface area contributed by atoms with Crippen LogP contribution in [0.1, 0.15) is 25.3 Å². The summed E-state index contributed by atoms with van der Waals surface area (Å²) < 4.78 is 11.8. The van der Waals surface area contributed by atoms with Gasteiger partial charge in [0, 0.05) is 18.5 Å². The van der Waals surface area contributed by atoms with Crippen molar-refractivity contribution in [2.24, 2.45) is 0 Å². The minimum Gasteiger partial charge on any atom is -0.493 e. The SMILES string of the molecule is COc1cccc2c1OC(C)C(/C=C1\SC(=S)N(CCCC(=O)O)C1=O)=C2. The lowest BCUT2D eigenvalue weighted by molar-refractivity contribution is -0.137. The number of rotatable bonds is 6. The number of hydrogen-bond donors (Lipinski definition) is 1. The zero-order valence-corrected chi connectivity index (χ0v) is 16.6. The molecule has 1 aromatic rings. The number of nitrogens with zero attached hydrogens (tertiary/aromatic N) is 1. The normalized spacial score (nSPS) is 20.4. The molecule has 2 heterocycles. The maximum absolute atomic E-state index is 12.6. The van der Waals surface area contributed by atoms with Gasteiger partial charge in [-0.05, 0) is 37.1 Å². The first-order chi connectivity index (χ1) is 12.9. The van der Waals surface area contributed by atoms with Gasteiger partial charge in [-0.2, -0.15) is 0 Å². The minimum absolute atomic E-state index is 0.00471. The first kappa shape index (κ1) is 19.4. The Kier molecular flexibility index (Phi) is 5.86. The fourth-order valence-electron chi connectivity index (χ4n) is 2.87. The first-order valence-corrected chi connectivity index (χ1v) is 9.65. The molecule has 0 aliphatic carbocycles. The van der Waals surface area contributed by atoms with Crippen molar-refractivity contribution < 1.29 is 24.2 Å². The Morgan fingerprint density at radius 2 is 2.26 bits per heavy atom. The highest BCUT2D eigenvalue weighted by Gasteiger charge is 2.32. The summed E-state index contributed by atoms with van der Waals surface area (Å²) in [4.78, 5) is 25.3. The predicted molar refractivity (Wildman–Crippen MR) is 108 cm³/mol. The number of fused-ring (bicyclic) bond motifs is 1. The topological polar surface area (TPSA) is 76.1 Å².